The molecule has 2 unspecified atom stereocenters. The Morgan fingerprint density at radius 2 is 2.18 bits per heavy atom. The Balaban J connectivity index is 0.000000202. The van der Waals surface area contributed by atoms with Crippen molar-refractivity contribution in [1.82, 2.24) is 10.1 Å². The third-order valence-electron chi connectivity index (χ3n) is 2.76. The number of rotatable bonds is 1. The predicted molar refractivity (Wildman–Crippen MR) is 64.3 cm³/mol. The SMILES string of the molecule is CC(C)N1CCC(O)C(O)C1.Nc1cnoc1. The van der Waals surface area contributed by atoms with E-state index < -0.39 is 12.2 Å². The largest absolute Gasteiger partial charge is 0.395 e. The molecule has 1 fully saturated rings. The summed E-state index contributed by atoms with van der Waals surface area (Å²) in [6, 6.07) is 0.470. The monoisotopic (exact) mass is 243 g/mol. The fourth-order valence-electron chi connectivity index (χ4n) is 1.63. The molecule has 1 aromatic heterocycles. The maximum atomic E-state index is 9.31. The van der Waals surface area contributed by atoms with Crippen LogP contribution in [0, 0.1) is 0 Å². The molecule has 6 nitrogen and oxygen atoms in total. The third-order valence-corrected chi connectivity index (χ3v) is 2.76. The lowest BCUT2D eigenvalue weighted by atomic mass is 10.0. The van der Waals surface area contributed by atoms with Crippen molar-refractivity contribution in [2.24, 2.45) is 0 Å². The van der Waals surface area contributed by atoms with Crippen LogP contribution in [0.1, 0.15) is 20.3 Å². The number of aliphatic hydroxyl groups excluding tert-OH is 2. The van der Waals surface area contributed by atoms with Gasteiger partial charge in [0.2, 0.25) is 0 Å². The first-order valence-electron chi connectivity index (χ1n) is 5.75. The molecule has 2 atom stereocenters. The van der Waals surface area contributed by atoms with Gasteiger partial charge in [-0.3, -0.25) is 4.90 Å². The molecule has 0 amide bonds. The number of nitrogens with zero attached hydrogens (tertiary/aromatic N) is 2. The lowest BCUT2D eigenvalue weighted by molar-refractivity contribution is -0.0456. The van der Waals surface area contributed by atoms with Gasteiger partial charge in [-0.25, -0.2) is 0 Å². The summed E-state index contributed by atoms with van der Waals surface area (Å²) < 4.78 is 4.34. The molecule has 6 heteroatoms. The standard InChI is InChI=1S/C8H17NO2.C3H4N2O/c1-6(2)9-4-3-7(10)8(11)5-9;4-3-1-5-6-2-3/h6-8,10-11H,3-5H2,1-2H3;1-2H,4H2. The Kier molecular flexibility index (Phi) is 5.40. The van der Waals surface area contributed by atoms with Crippen LogP contribution in [0.4, 0.5) is 5.69 Å². The molecule has 2 heterocycles. The molecule has 4 N–H and O–H groups in total. The minimum atomic E-state index is -0.550. The Hall–Kier alpha value is -1.11. The maximum Gasteiger partial charge on any atom is 0.146 e. The van der Waals surface area contributed by atoms with Crippen LogP contribution >= 0.6 is 0 Å². The molecule has 0 saturated carbocycles. The first-order valence-corrected chi connectivity index (χ1v) is 5.75. The number of hydrogen-bond acceptors (Lipinski definition) is 6. The van der Waals surface area contributed by atoms with Gasteiger partial charge in [0.1, 0.15) is 6.26 Å². The number of aliphatic hydroxyl groups is 2. The lowest BCUT2D eigenvalue weighted by Gasteiger charge is -2.35. The van der Waals surface area contributed by atoms with Crippen molar-refractivity contribution in [2.75, 3.05) is 18.8 Å². The summed E-state index contributed by atoms with van der Waals surface area (Å²) in [7, 11) is 0. The first-order chi connectivity index (χ1) is 8.00. The third kappa shape index (κ3) is 4.72. The van der Waals surface area contributed by atoms with Gasteiger partial charge in [0.05, 0.1) is 24.1 Å². The highest BCUT2D eigenvalue weighted by Crippen LogP contribution is 2.12. The van der Waals surface area contributed by atoms with Gasteiger partial charge >= 0.3 is 0 Å². The highest BCUT2D eigenvalue weighted by molar-refractivity contribution is 5.27. The van der Waals surface area contributed by atoms with E-state index >= 15 is 0 Å². The minimum absolute atomic E-state index is 0.470. The highest BCUT2D eigenvalue weighted by atomic mass is 16.5. The van der Waals surface area contributed by atoms with Crippen molar-refractivity contribution < 1.29 is 14.7 Å². The molecule has 0 aliphatic carbocycles. The van der Waals surface area contributed by atoms with Gasteiger partial charge in [0.15, 0.2) is 0 Å². The number of anilines is 1. The van der Waals surface area contributed by atoms with E-state index in [-0.39, 0.29) is 0 Å². The van der Waals surface area contributed by atoms with Gasteiger partial charge in [-0.15, -0.1) is 0 Å². The number of nitrogen functional groups attached to an aromatic ring is 1. The van der Waals surface area contributed by atoms with E-state index in [1.807, 2.05) is 0 Å². The molecule has 1 saturated heterocycles. The van der Waals surface area contributed by atoms with Crippen LogP contribution in [-0.2, 0) is 0 Å². The average Bonchev–Trinajstić information content (AvgIpc) is 2.74. The zero-order valence-corrected chi connectivity index (χ0v) is 10.3. The molecule has 1 aliphatic heterocycles. The van der Waals surface area contributed by atoms with E-state index in [1.165, 1.54) is 12.5 Å². The van der Waals surface area contributed by atoms with Crippen molar-refractivity contribution in [3.05, 3.63) is 12.5 Å². The van der Waals surface area contributed by atoms with Crippen LogP contribution in [-0.4, -0.2) is 51.6 Å². The number of aromatic nitrogens is 1. The van der Waals surface area contributed by atoms with Crippen molar-refractivity contribution in [2.45, 2.75) is 38.5 Å². The van der Waals surface area contributed by atoms with Crippen LogP contribution in [0.25, 0.3) is 0 Å². The Bertz CT molecular complexity index is 303. The molecule has 98 valence electrons. The molecule has 0 bridgehead atoms. The first kappa shape index (κ1) is 14.0. The molecule has 0 spiro atoms. The van der Waals surface area contributed by atoms with Gasteiger partial charge in [0, 0.05) is 19.1 Å². The molecule has 17 heavy (non-hydrogen) atoms. The van der Waals surface area contributed by atoms with Crippen LogP contribution in [0.3, 0.4) is 0 Å². The fourth-order valence-corrected chi connectivity index (χ4v) is 1.63. The quantitative estimate of drug-likeness (QED) is 0.646. The number of β-amino-alcohol motifs (C(OH)–C–C–N with tert-alkyl or cyclic N) is 1. The predicted octanol–water partition coefficient (Wildman–Crippen LogP) is 0.0791. The van der Waals surface area contributed by atoms with Gasteiger partial charge < -0.3 is 20.5 Å². The minimum Gasteiger partial charge on any atom is -0.395 e. The van der Waals surface area contributed by atoms with E-state index in [9.17, 15) is 10.2 Å². The Labute approximate surface area is 101 Å². The molecule has 2 rings (SSSR count). The summed E-state index contributed by atoms with van der Waals surface area (Å²) in [5.41, 5.74) is 5.69. The Morgan fingerprint density at radius 1 is 1.47 bits per heavy atom. The lowest BCUT2D eigenvalue weighted by Crippen LogP contribution is -2.49. The van der Waals surface area contributed by atoms with Gasteiger partial charge in [-0.2, -0.15) is 0 Å². The van der Waals surface area contributed by atoms with Gasteiger partial charge in [-0.05, 0) is 20.3 Å². The Morgan fingerprint density at radius 3 is 2.53 bits per heavy atom. The highest BCUT2D eigenvalue weighted by Gasteiger charge is 2.26. The van der Waals surface area contributed by atoms with E-state index in [0.29, 0.717) is 24.7 Å². The topological polar surface area (TPSA) is 95.8 Å². The maximum absolute atomic E-state index is 9.31. The zero-order chi connectivity index (χ0) is 12.8. The van der Waals surface area contributed by atoms with E-state index in [0.717, 1.165) is 6.54 Å². The summed E-state index contributed by atoms with van der Waals surface area (Å²) >= 11 is 0. The van der Waals surface area contributed by atoms with Crippen molar-refractivity contribution in [3.63, 3.8) is 0 Å². The molecular weight excluding hydrogens is 222 g/mol. The van der Waals surface area contributed by atoms with E-state index in [4.69, 9.17) is 5.73 Å². The zero-order valence-electron chi connectivity index (χ0n) is 10.3. The number of nitrogens with two attached hydrogens (primary N) is 1. The van der Waals surface area contributed by atoms with Gasteiger partial charge in [0.25, 0.3) is 0 Å². The molecule has 0 radical (unpaired) electrons. The van der Waals surface area contributed by atoms with Crippen molar-refractivity contribution >= 4 is 5.69 Å². The smallest absolute Gasteiger partial charge is 0.146 e. The van der Waals surface area contributed by atoms with E-state index in [1.54, 1.807) is 0 Å². The van der Waals surface area contributed by atoms with E-state index in [2.05, 4.69) is 28.4 Å². The van der Waals surface area contributed by atoms with Crippen LogP contribution in [0.15, 0.2) is 17.0 Å². The summed E-state index contributed by atoms with van der Waals surface area (Å²) in [5, 5.41) is 21.8. The second-order valence-corrected chi connectivity index (χ2v) is 4.47. The summed E-state index contributed by atoms with van der Waals surface area (Å²) in [5.74, 6) is 0. The number of hydrogen-bond donors (Lipinski definition) is 3. The van der Waals surface area contributed by atoms with Crippen molar-refractivity contribution in [3.8, 4) is 0 Å². The summed E-state index contributed by atoms with van der Waals surface area (Å²) in [4.78, 5) is 2.18. The van der Waals surface area contributed by atoms with Crippen LogP contribution in [0.2, 0.25) is 0 Å². The molecule has 1 aromatic rings. The molecule has 0 aromatic carbocycles. The summed E-state index contributed by atoms with van der Waals surface area (Å²) in [6.07, 6.45) is 2.45. The van der Waals surface area contributed by atoms with Crippen LogP contribution in [0.5, 0.6) is 0 Å². The normalized spacial score (nSPS) is 25.5. The average molecular weight is 243 g/mol. The molecule has 1 aliphatic rings. The van der Waals surface area contributed by atoms with Crippen molar-refractivity contribution in [1.29, 1.82) is 0 Å². The second-order valence-electron chi connectivity index (χ2n) is 4.47. The fraction of sp³-hybridized carbons (Fsp3) is 0.727. The molecular formula is C11H21N3O3. The van der Waals surface area contributed by atoms with Gasteiger partial charge in [-0.1, -0.05) is 5.16 Å². The van der Waals surface area contributed by atoms with Crippen LogP contribution < -0.4 is 5.73 Å². The second kappa shape index (κ2) is 6.58. The number of piperidine rings is 1. The summed E-state index contributed by atoms with van der Waals surface area (Å²) in [6.45, 7) is 5.71. The number of likely N-dealkylation sites (tertiary alicyclic amines) is 1.